The number of benzene rings is 3. The second kappa shape index (κ2) is 7.67. The van der Waals surface area contributed by atoms with Crippen molar-refractivity contribution in [3.05, 3.63) is 107 Å². The first kappa shape index (κ1) is 17.4. The molecule has 136 valence electrons. The lowest BCUT2D eigenvalue weighted by Gasteiger charge is -2.07. The fourth-order valence-corrected chi connectivity index (χ4v) is 2.67. The average molecular weight is 369 g/mol. The number of fused-ring (bicyclic) bond motifs is 1. The van der Waals surface area contributed by atoms with Crippen LogP contribution < -0.4 is 11.1 Å². The Hall–Kier alpha value is -4.06. The number of ketones is 1. The van der Waals surface area contributed by atoms with Gasteiger partial charge in [0.1, 0.15) is 5.52 Å². The summed E-state index contributed by atoms with van der Waals surface area (Å²) in [5.41, 5.74) is 3.71. The minimum atomic E-state index is -0.725. The number of aromatic nitrogens is 1. The number of rotatable bonds is 5. The summed E-state index contributed by atoms with van der Waals surface area (Å²) in [5.74, 6) is -0.431. The van der Waals surface area contributed by atoms with Crippen LogP contribution in [0.5, 0.6) is 0 Å². The van der Waals surface area contributed by atoms with Crippen LogP contribution >= 0.6 is 0 Å². The van der Waals surface area contributed by atoms with Gasteiger partial charge in [0.05, 0.1) is 5.69 Å². The van der Waals surface area contributed by atoms with Crippen LogP contribution in [0.3, 0.4) is 0 Å². The van der Waals surface area contributed by atoms with Crippen LogP contribution in [0.1, 0.15) is 16.1 Å². The van der Waals surface area contributed by atoms with Gasteiger partial charge in [0, 0.05) is 5.56 Å². The van der Waals surface area contributed by atoms with Crippen molar-refractivity contribution in [2.45, 2.75) is 0 Å². The van der Waals surface area contributed by atoms with Gasteiger partial charge in [-0.25, -0.2) is 9.78 Å². The molecule has 0 saturated heterocycles. The summed E-state index contributed by atoms with van der Waals surface area (Å²) >= 11 is 0. The van der Waals surface area contributed by atoms with E-state index in [1.54, 1.807) is 66.7 Å². The number of hydrogen-bond acceptors (Lipinski definition) is 6. The van der Waals surface area contributed by atoms with Crippen LogP contribution in [0, 0.1) is 0 Å². The number of hydrazone groups is 1. The Kier molecular flexibility index (Phi) is 4.76. The quantitative estimate of drug-likeness (QED) is 0.328. The molecule has 0 saturated carbocycles. The molecular weight excluding hydrogens is 354 g/mol. The van der Waals surface area contributed by atoms with E-state index in [1.165, 1.54) is 0 Å². The molecule has 4 aromatic rings. The lowest BCUT2D eigenvalue weighted by atomic mass is 10.0. The highest BCUT2D eigenvalue weighted by molar-refractivity contribution is 6.51. The van der Waals surface area contributed by atoms with Crippen molar-refractivity contribution in [1.29, 1.82) is 0 Å². The number of nitrogens with zero attached hydrogens (tertiary/aromatic N) is 2. The van der Waals surface area contributed by atoms with Crippen molar-refractivity contribution >= 4 is 28.3 Å². The van der Waals surface area contributed by atoms with Gasteiger partial charge in [-0.15, -0.1) is 0 Å². The number of para-hydroxylation sites is 3. The molecule has 1 N–H and O–H groups in total. The SMILES string of the molecule is O=C(/C(=N\Nc1ccccc1)c1nc2ccccc2oc1=O)c1ccccc1. The fraction of sp³-hybridized carbons (Fsp3) is 0. The summed E-state index contributed by atoms with van der Waals surface area (Å²) in [6.07, 6.45) is 0. The molecule has 0 aliphatic carbocycles. The molecule has 0 spiro atoms. The molecule has 0 unspecified atom stereocenters. The maximum Gasteiger partial charge on any atom is 0.364 e. The second-order valence-electron chi connectivity index (χ2n) is 5.95. The molecule has 1 heterocycles. The number of carbonyl (C=O) groups is 1. The van der Waals surface area contributed by atoms with Gasteiger partial charge in [0.15, 0.2) is 17.0 Å². The van der Waals surface area contributed by atoms with E-state index in [-0.39, 0.29) is 11.4 Å². The Bertz CT molecular complexity index is 1220. The van der Waals surface area contributed by atoms with Crippen molar-refractivity contribution in [1.82, 2.24) is 4.98 Å². The summed E-state index contributed by atoms with van der Waals surface area (Å²) < 4.78 is 5.33. The van der Waals surface area contributed by atoms with Crippen molar-refractivity contribution in [2.24, 2.45) is 5.10 Å². The summed E-state index contributed by atoms with van der Waals surface area (Å²) in [5, 5.41) is 4.20. The fourth-order valence-electron chi connectivity index (χ4n) is 2.67. The zero-order valence-corrected chi connectivity index (χ0v) is 14.7. The van der Waals surface area contributed by atoms with E-state index >= 15 is 0 Å². The molecule has 0 radical (unpaired) electrons. The molecule has 0 atom stereocenters. The summed E-state index contributed by atoms with van der Waals surface area (Å²) in [6.45, 7) is 0. The summed E-state index contributed by atoms with van der Waals surface area (Å²) in [4.78, 5) is 29.9. The summed E-state index contributed by atoms with van der Waals surface area (Å²) in [6, 6.07) is 24.6. The monoisotopic (exact) mass is 369 g/mol. The lowest BCUT2D eigenvalue weighted by Crippen LogP contribution is -2.26. The predicted molar refractivity (Wildman–Crippen MR) is 108 cm³/mol. The van der Waals surface area contributed by atoms with Gasteiger partial charge >= 0.3 is 5.63 Å². The highest BCUT2D eigenvalue weighted by atomic mass is 16.4. The standard InChI is InChI=1S/C22H15N3O3/c26-21(15-9-3-1-4-10-15)19(25-24-16-11-5-2-6-12-16)20-22(27)28-18-14-8-7-13-17(18)23-20/h1-14,24H/b25-19-. The number of nitrogens with one attached hydrogen (secondary N) is 1. The highest BCUT2D eigenvalue weighted by Gasteiger charge is 2.23. The topological polar surface area (TPSA) is 84.6 Å². The molecule has 6 heteroatoms. The van der Waals surface area contributed by atoms with Crippen LogP contribution in [-0.4, -0.2) is 16.5 Å². The van der Waals surface area contributed by atoms with Crippen molar-refractivity contribution in [3.63, 3.8) is 0 Å². The van der Waals surface area contributed by atoms with E-state index in [0.717, 1.165) is 0 Å². The minimum Gasteiger partial charge on any atom is -0.419 e. The van der Waals surface area contributed by atoms with Crippen LogP contribution in [-0.2, 0) is 0 Å². The molecular formula is C22H15N3O3. The first-order chi connectivity index (χ1) is 13.7. The van der Waals surface area contributed by atoms with E-state index in [9.17, 15) is 9.59 Å². The van der Waals surface area contributed by atoms with Crippen LogP contribution in [0.2, 0.25) is 0 Å². The minimum absolute atomic E-state index is 0.116. The van der Waals surface area contributed by atoms with Crippen LogP contribution in [0.25, 0.3) is 11.1 Å². The Labute approximate surface area is 160 Å². The number of anilines is 1. The zero-order valence-electron chi connectivity index (χ0n) is 14.7. The van der Waals surface area contributed by atoms with Crippen LogP contribution in [0.4, 0.5) is 5.69 Å². The van der Waals surface area contributed by atoms with Gasteiger partial charge < -0.3 is 4.42 Å². The Balaban J connectivity index is 1.84. The third-order valence-electron chi connectivity index (χ3n) is 4.04. The van der Waals surface area contributed by atoms with Gasteiger partial charge in [-0.3, -0.25) is 10.2 Å². The molecule has 28 heavy (non-hydrogen) atoms. The van der Waals surface area contributed by atoms with E-state index < -0.39 is 11.4 Å². The molecule has 0 aliphatic rings. The van der Waals surface area contributed by atoms with Gasteiger partial charge in [-0.2, -0.15) is 5.10 Å². The molecule has 4 rings (SSSR count). The third-order valence-corrected chi connectivity index (χ3v) is 4.04. The van der Waals surface area contributed by atoms with Crippen molar-refractivity contribution in [3.8, 4) is 0 Å². The third kappa shape index (κ3) is 3.57. The number of carbonyl (C=O) groups excluding carboxylic acids is 1. The highest BCUT2D eigenvalue weighted by Crippen LogP contribution is 2.12. The molecule has 0 aliphatic heterocycles. The predicted octanol–water partition coefficient (Wildman–Crippen LogP) is 3.89. The van der Waals surface area contributed by atoms with Crippen molar-refractivity contribution in [2.75, 3.05) is 5.43 Å². The maximum atomic E-state index is 13.1. The molecule has 6 nitrogen and oxygen atoms in total. The molecule has 1 aromatic heterocycles. The largest absolute Gasteiger partial charge is 0.419 e. The van der Waals surface area contributed by atoms with E-state index in [1.807, 2.05) is 18.2 Å². The Morgan fingerprint density at radius 1 is 0.857 bits per heavy atom. The normalized spacial score (nSPS) is 11.4. The van der Waals surface area contributed by atoms with E-state index in [0.29, 0.717) is 22.4 Å². The number of Topliss-reactive ketones (excluding diaryl/α,β-unsaturated/α-hetero) is 1. The first-order valence-electron chi connectivity index (χ1n) is 8.61. The molecule has 0 fully saturated rings. The van der Waals surface area contributed by atoms with Gasteiger partial charge in [0.2, 0.25) is 5.78 Å². The van der Waals surface area contributed by atoms with Gasteiger partial charge in [0.25, 0.3) is 0 Å². The van der Waals surface area contributed by atoms with E-state index in [2.05, 4.69) is 15.5 Å². The smallest absolute Gasteiger partial charge is 0.364 e. The Morgan fingerprint density at radius 3 is 2.25 bits per heavy atom. The van der Waals surface area contributed by atoms with Crippen molar-refractivity contribution < 1.29 is 9.21 Å². The van der Waals surface area contributed by atoms with E-state index in [4.69, 9.17) is 4.42 Å². The van der Waals surface area contributed by atoms with Crippen LogP contribution in [0.15, 0.2) is 99.2 Å². The summed E-state index contributed by atoms with van der Waals surface area (Å²) in [7, 11) is 0. The lowest BCUT2D eigenvalue weighted by molar-refractivity contribution is 0.106. The average Bonchev–Trinajstić information content (AvgIpc) is 2.75. The molecule has 0 bridgehead atoms. The van der Waals surface area contributed by atoms with Gasteiger partial charge in [-0.1, -0.05) is 60.7 Å². The zero-order chi connectivity index (χ0) is 19.3. The maximum absolute atomic E-state index is 13.1. The molecule has 3 aromatic carbocycles. The second-order valence-corrected chi connectivity index (χ2v) is 5.95. The molecule has 0 amide bonds. The Morgan fingerprint density at radius 2 is 1.50 bits per heavy atom. The van der Waals surface area contributed by atoms with Gasteiger partial charge in [-0.05, 0) is 24.3 Å². The number of hydrogen-bond donors (Lipinski definition) is 1. The first-order valence-corrected chi connectivity index (χ1v) is 8.61.